The van der Waals surface area contributed by atoms with Gasteiger partial charge >= 0.3 is 0 Å². The molecule has 1 saturated carbocycles. The van der Waals surface area contributed by atoms with Gasteiger partial charge in [0.1, 0.15) is 17.6 Å². The molecule has 9 heteroatoms. The van der Waals surface area contributed by atoms with E-state index in [-0.39, 0.29) is 0 Å². The number of rotatable bonds is 3. The number of aryl methyl sites for hydroxylation is 1. The maximum Gasteiger partial charge on any atom is 0.223 e. The van der Waals surface area contributed by atoms with E-state index in [1.54, 1.807) is 7.11 Å². The number of ether oxygens (including phenoxy) is 1. The van der Waals surface area contributed by atoms with Crippen molar-refractivity contribution in [2.45, 2.75) is 51.5 Å². The first-order valence-electron chi connectivity index (χ1n) is 10.3. The van der Waals surface area contributed by atoms with Crippen molar-refractivity contribution in [1.29, 1.82) is 0 Å². The number of aromatic nitrogens is 6. The molecule has 9 nitrogen and oxygen atoms in total. The molecule has 1 aromatic carbocycles. The quantitative estimate of drug-likeness (QED) is 0.517. The third-order valence-corrected chi connectivity index (χ3v) is 5.59. The maximum absolute atomic E-state index is 6.00. The first-order valence-corrected chi connectivity index (χ1v) is 10.3. The Morgan fingerprint density at radius 2 is 1.94 bits per heavy atom. The van der Waals surface area contributed by atoms with Crippen LogP contribution in [0.25, 0.3) is 16.6 Å². The number of anilines is 1. The van der Waals surface area contributed by atoms with Gasteiger partial charge in [-0.15, -0.1) is 0 Å². The summed E-state index contributed by atoms with van der Waals surface area (Å²) < 4.78 is 6.73. The molecule has 4 aromatic rings. The van der Waals surface area contributed by atoms with Gasteiger partial charge in [-0.1, -0.05) is 12.5 Å². The lowest BCUT2D eigenvalue weighted by molar-refractivity contribution is 0.406. The van der Waals surface area contributed by atoms with E-state index >= 15 is 0 Å². The second-order valence-corrected chi connectivity index (χ2v) is 8.40. The SMILES string of the molecule is COc1cccc2c1nc(N)n1ncnc21.Cc1nc(C(C)(C)N)cnc1C1CCC1. The number of para-hydroxylation sites is 1. The second-order valence-electron chi connectivity index (χ2n) is 8.40. The van der Waals surface area contributed by atoms with Crippen molar-refractivity contribution < 1.29 is 4.74 Å². The molecule has 0 saturated heterocycles. The fourth-order valence-electron chi connectivity index (χ4n) is 3.62. The summed E-state index contributed by atoms with van der Waals surface area (Å²) in [6.45, 7) is 5.95. The molecule has 162 valence electrons. The van der Waals surface area contributed by atoms with Crippen LogP contribution in [0.4, 0.5) is 5.95 Å². The Labute approximate surface area is 180 Å². The highest BCUT2D eigenvalue weighted by molar-refractivity contribution is 5.95. The normalized spacial score (nSPS) is 14.2. The molecule has 0 atom stereocenters. The van der Waals surface area contributed by atoms with Gasteiger partial charge in [0, 0.05) is 11.3 Å². The summed E-state index contributed by atoms with van der Waals surface area (Å²) >= 11 is 0. The van der Waals surface area contributed by atoms with Crippen molar-refractivity contribution in [3.05, 3.63) is 47.8 Å². The minimum absolute atomic E-state index is 0.296. The lowest BCUT2D eigenvalue weighted by Crippen LogP contribution is -2.30. The lowest BCUT2D eigenvalue weighted by atomic mass is 9.82. The van der Waals surface area contributed by atoms with Crippen molar-refractivity contribution in [3.8, 4) is 5.75 Å². The molecule has 1 fully saturated rings. The molecule has 3 heterocycles. The van der Waals surface area contributed by atoms with Gasteiger partial charge in [-0.3, -0.25) is 9.97 Å². The summed E-state index contributed by atoms with van der Waals surface area (Å²) in [5.74, 6) is 1.62. The number of nitrogens with zero attached hydrogens (tertiary/aromatic N) is 6. The van der Waals surface area contributed by atoms with Crippen LogP contribution in [-0.2, 0) is 5.54 Å². The molecule has 1 aliphatic rings. The van der Waals surface area contributed by atoms with Crippen LogP contribution in [0.1, 0.15) is 56.1 Å². The predicted molar refractivity (Wildman–Crippen MR) is 120 cm³/mol. The van der Waals surface area contributed by atoms with Crippen LogP contribution in [-0.4, -0.2) is 36.7 Å². The molecule has 5 rings (SSSR count). The highest BCUT2D eigenvalue weighted by Gasteiger charge is 2.25. The number of hydrogen-bond donors (Lipinski definition) is 2. The van der Waals surface area contributed by atoms with Crippen molar-refractivity contribution in [3.63, 3.8) is 0 Å². The third kappa shape index (κ3) is 4.00. The van der Waals surface area contributed by atoms with Crippen LogP contribution in [0, 0.1) is 6.92 Å². The average Bonchev–Trinajstić information content (AvgIpc) is 3.18. The molecule has 0 aliphatic heterocycles. The van der Waals surface area contributed by atoms with E-state index in [0.29, 0.717) is 28.8 Å². The molecule has 0 bridgehead atoms. The minimum atomic E-state index is -0.393. The van der Waals surface area contributed by atoms with Gasteiger partial charge < -0.3 is 16.2 Å². The number of benzene rings is 1. The smallest absolute Gasteiger partial charge is 0.223 e. The fraction of sp³-hybridized carbons (Fsp3) is 0.409. The Kier molecular flexibility index (Phi) is 5.45. The molecular formula is C22H28N8O. The Balaban J connectivity index is 0.000000150. The van der Waals surface area contributed by atoms with Gasteiger partial charge in [0.25, 0.3) is 0 Å². The lowest BCUT2D eigenvalue weighted by Gasteiger charge is -2.27. The zero-order chi connectivity index (χ0) is 22.2. The van der Waals surface area contributed by atoms with Crippen LogP contribution < -0.4 is 16.2 Å². The van der Waals surface area contributed by atoms with Gasteiger partial charge in [0.05, 0.1) is 35.9 Å². The van der Waals surface area contributed by atoms with Gasteiger partial charge in [0.15, 0.2) is 5.65 Å². The average molecular weight is 421 g/mol. The van der Waals surface area contributed by atoms with Crippen LogP contribution in [0.15, 0.2) is 30.7 Å². The topological polar surface area (TPSA) is 130 Å². The number of fused-ring (bicyclic) bond motifs is 3. The summed E-state index contributed by atoms with van der Waals surface area (Å²) in [5, 5.41) is 4.87. The highest BCUT2D eigenvalue weighted by Crippen LogP contribution is 2.36. The predicted octanol–water partition coefficient (Wildman–Crippen LogP) is 3.11. The van der Waals surface area contributed by atoms with E-state index in [4.69, 9.17) is 16.2 Å². The monoisotopic (exact) mass is 420 g/mol. The van der Waals surface area contributed by atoms with E-state index in [2.05, 4.69) is 25.0 Å². The molecule has 0 unspecified atom stereocenters. The summed E-state index contributed by atoms with van der Waals surface area (Å²) in [4.78, 5) is 17.5. The van der Waals surface area contributed by atoms with E-state index in [9.17, 15) is 0 Å². The molecule has 1 aliphatic carbocycles. The molecule has 31 heavy (non-hydrogen) atoms. The van der Waals surface area contributed by atoms with Gasteiger partial charge in [-0.25, -0.2) is 9.97 Å². The molecule has 0 radical (unpaired) electrons. The minimum Gasteiger partial charge on any atom is -0.494 e. The molecule has 4 N–H and O–H groups in total. The number of nitrogens with two attached hydrogens (primary N) is 2. The van der Waals surface area contributed by atoms with Crippen LogP contribution in [0.2, 0.25) is 0 Å². The zero-order valence-corrected chi connectivity index (χ0v) is 18.3. The van der Waals surface area contributed by atoms with Gasteiger partial charge in [0.2, 0.25) is 5.95 Å². The van der Waals surface area contributed by atoms with Crippen molar-refractivity contribution >= 4 is 22.5 Å². The number of nitrogen functional groups attached to an aromatic ring is 1. The molecule has 0 spiro atoms. The summed E-state index contributed by atoms with van der Waals surface area (Å²) in [6.07, 6.45) is 7.14. The molecular weight excluding hydrogens is 392 g/mol. The van der Waals surface area contributed by atoms with Crippen LogP contribution in [0.5, 0.6) is 5.75 Å². The Hall–Kier alpha value is -3.33. The maximum atomic E-state index is 6.00. The molecule has 3 aromatic heterocycles. The Morgan fingerprint density at radius 3 is 2.55 bits per heavy atom. The summed E-state index contributed by atoms with van der Waals surface area (Å²) in [5.41, 5.74) is 15.9. The summed E-state index contributed by atoms with van der Waals surface area (Å²) in [6, 6.07) is 5.63. The van der Waals surface area contributed by atoms with Crippen LogP contribution in [0.3, 0.4) is 0 Å². The van der Waals surface area contributed by atoms with Crippen molar-refractivity contribution in [2.75, 3.05) is 12.8 Å². The second kappa shape index (κ2) is 8.07. The Morgan fingerprint density at radius 1 is 1.16 bits per heavy atom. The number of hydrogen-bond acceptors (Lipinski definition) is 8. The van der Waals surface area contributed by atoms with Crippen molar-refractivity contribution in [1.82, 2.24) is 29.5 Å². The summed E-state index contributed by atoms with van der Waals surface area (Å²) in [7, 11) is 1.60. The fourth-order valence-corrected chi connectivity index (χ4v) is 3.62. The van der Waals surface area contributed by atoms with Crippen molar-refractivity contribution in [2.24, 2.45) is 5.73 Å². The standard InChI is InChI=1S/C12H19N3.C10H9N5O/c1-8-11(9-5-4-6-9)14-7-10(15-8)12(2,3)13;1-16-7-4-2-3-6-8(7)14-10(11)15-9(6)12-5-13-15/h7,9H,4-6,13H2,1-3H3;2-5H,1H3,(H2,11,14). The third-order valence-electron chi connectivity index (χ3n) is 5.59. The van der Waals surface area contributed by atoms with Gasteiger partial charge in [-0.2, -0.15) is 9.61 Å². The first kappa shape index (κ1) is 20.9. The molecule has 0 amide bonds. The number of methoxy groups -OCH3 is 1. The van der Waals surface area contributed by atoms with E-state index < -0.39 is 5.54 Å². The van der Waals surface area contributed by atoms with Gasteiger partial charge in [-0.05, 0) is 45.7 Å². The van der Waals surface area contributed by atoms with E-state index in [1.165, 1.54) is 35.8 Å². The highest BCUT2D eigenvalue weighted by atomic mass is 16.5. The Bertz CT molecular complexity index is 1220. The first-order chi connectivity index (χ1) is 14.8. The zero-order valence-electron chi connectivity index (χ0n) is 18.3. The van der Waals surface area contributed by atoms with E-state index in [1.807, 2.05) is 45.2 Å². The largest absolute Gasteiger partial charge is 0.494 e. The van der Waals surface area contributed by atoms with E-state index in [0.717, 1.165) is 16.8 Å². The van der Waals surface area contributed by atoms with Crippen LogP contribution >= 0.6 is 0 Å².